The van der Waals surface area contributed by atoms with Crippen LogP contribution in [0, 0.1) is 13.8 Å². The Bertz CT molecular complexity index is 772. The van der Waals surface area contributed by atoms with E-state index in [-0.39, 0.29) is 0 Å². The van der Waals surface area contributed by atoms with Gasteiger partial charge in [-0.05, 0) is 19.9 Å². The van der Waals surface area contributed by atoms with Crippen molar-refractivity contribution in [2.24, 2.45) is 7.05 Å². The second kappa shape index (κ2) is 5.97. The summed E-state index contributed by atoms with van der Waals surface area (Å²) in [4.78, 5) is 13.1. The minimum absolute atomic E-state index is 0.715. The van der Waals surface area contributed by atoms with Gasteiger partial charge in [0.15, 0.2) is 5.82 Å². The zero-order valence-corrected chi connectivity index (χ0v) is 13.0. The first kappa shape index (κ1) is 14.2. The van der Waals surface area contributed by atoms with Gasteiger partial charge in [0, 0.05) is 38.1 Å². The highest BCUT2D eigenvalue weighted by atomic mass is 15.3. The Morgan fingerprint density at radius 1 is 1.23 bits per heavy atom. The molecule has 0 saturated carbocycles. The molecule has 3 heterocycles. The average molecular weight is 297 g/mol. The second-order valence-electron chi connectivity index (χ2n) is 5.23. The quantitative estimate of drug-likeness (QED) is 0.775. The SMILES string of the molecule is Cc1cc(C)n(-c2cncc(NCCc3nccn3C)n2)n1. The monoisotopic (exact) mass is 297 g/mol. The van der Waals surface area contributed by atoms with Crippen LogP contribution in [0.5, 0.6) is 0 Å². The molecule has 0 bridgehead atoms. The third-order valence-electron chi connectivity index (χ3n) is 3.42. The predicted molar refractivity (Wildman–Crippen MR) is 84.0 cm³/mol. The van der Waals surface area contributed by atoms with Crippen molar-refractivity contribution in [3.63, 3.8) is 0 Å². The zero-order chi connectivity index (χ0) is 15.5. The highest BCUT2D eigenvalue weighted by Crippen LogP contribution is 2.11. The van der Waals surface area contributed by atoms with Crippen molar-refractivity contribution in [3.8, 4) is 5.82 Å². The minimum atomic E-state index is 0.715. The van der Waals surface area contributed by atoms with Gasteiger partial charge in [0.1, 0.15) is 11.6 Å². The fourth-order valence-corrected chi connectivity index (χ4v) is 2.34. The summed E-state index contributed by atoms with van der Waals surface area (Å²) in [6.45, 7) is 4.72. The molecule has 0 aromatic carbocycles. The number of hydrogen-bond donors (Lipinski definition) is 1. The molecule has 1 N–H and O–H groups in total. The zero-order valence-electron chi connectivity index (χ0n) is 13.0. The minimum Gasteiger partial charge on any atom is -0.368 e. The Kier molecular flexibility index (Phi) is 3.86. The van der Waals surface area contributed by atoms with E-state index in [2.05, 4.69) is 25.4 Å². The predicted octanol–water partition coefficient (Wildman–Crippen LogP) is 1.67. The topological polar surface area (TPSA) is 73.5 Å². The molecule has 0 radical (unpaired) electrons. The van der Waals surface area contributed by atoms with Crippen LogP contribution in [0.3, 0.4) is 0 Å². The van der Waals surface area contributed by atoms with E-state index in [1.807, 2.05) is 37.7 Å². The number of imidazole rings is 1. The molecule has 0 aliphatic heterocycles. The van der Waals surface area contributed by atoms with Crippen LogP contribution in [0.25, 0.3) is 5.82 Å². The normalized spacial score (nSPS) is 10.9. The lowest BCUT2D eigenvalue weighted by Crippen LogP contribution is -2.11. The van der Waals surface area contributed by atoms with Crippen molar-refractivity contribution in [3.05, 3.63) is 48.1 Å². The Morgan fingerprint density at radius 3 is 2.77 bits per heavy atom. The molecule has 0 aliphatic rings. The third kappa shape index (κ3) is 2.98. The molecule has 22 heavy (non-hydrogen) atoms. The fourth-order valence-electron chi connectivity index (χ4n) is 2.34. The van der Waals surface area contributed by atoms with Crippen molar-refractivity contribution in [2.45, 2.75) is 20.3 Å². The molecule has 3 rings (SSSR count). The van der Waals surface area contributed by atoms with Gasteiger partial charge in [-0.3, -0.25) is 4.98 Å². The number of anilines is 1. The summed E-state index contributed by atoms with van der Waals surface area (Å²) in [5.74, 6) is 2.49. The number of rotatable bonds is 5. The van der Waals surface area contributed by atoms with Crippen LogP contribution in [0.4, 0.5) is 5.82 Å². The van der Waals surface area contributed by atoms with Crippen LogP contribution in [-0.2, 0) is 13.5 Å². The maximum absolute atomic E-state index is 4.56. The van der Waals surface area contributed by atoms with Crippen LogP contribution >= 0.6 is 0 Å². The summed E-state index contributed by atoms with van der Waals surface area (Å²) in [5.41, 5.74) is 2.00. The molecule has 0 amide bonds. The number of nitrogens with zero attached hydrogens (tertiary/aromatic N) is 6. The molecule has 0 unspecified atom stereocenters. The largest absolute Gasteiger partial charge is 0.368 e. The van der Waals surface area contributed by atoms with Gasteiger partial charge in [-0.25, -0.2) is 14.6 Å². The Morgan fingerprint density at radius 2 is 2.09 bits per heavy atom. The van der Waals surface area contributed by atoms with Crippen molar-refractivity contribution in [1.29, 1.82) is 0 Å². The van der Waals surface area contributed by atoms with E-state index in [1.165, 1.54) is 0 Å². The van der Waals surface area contributed by atoms with Crippen LogP contribution < -0.4 is 5.32 Å². The summed E-state index contributed by atoms with van der Waals surface area (Å²) in [6, 6.07) is 2.02. The lowest BCUT2D eigenvalue weighted by molar-refractivity contribution is 0.782. The van der Waals surface area contributed by atoms with Gasteiger partial charge in [-0.15, -0.1) is 0 Å². The van der Waals surface area contributed by atoms with Crippen molar-refractivity contribution in [2.75, 3.05) is 11.9 Å². The molecule has 114 valence electrons. The van der Waals surface area contributed by atoms with Crippen molar-refractivity contribution >= 4 is 5.82 Å². The van der Waals surface area contributed by atoms with Crippen LogP contribution in [-0.4, -0.2) is 35.8 Å². The third-order valence-corrected chi connectivity index (χ3v) is 3.42. The maximum Gasteiger partial charge on any atom is 0.174 e. The van der Waals surface area contributed by atoms with E-state index >= 15 is 0 Å². The lowest BCUT2D eigenvalue weighted by atomic mass is 10.4. The summed E-state index contributed by atoms with van der Waals surface area (Å²) >= 11 is 0. The van der Waals surface area contributed by atoms with Gasteiger partial charge in [-0.1, -0.05) is 0 Å². The molecule has 7 nitrogen and oxygen atoms in total. The number of aryl methyl sites for hydroxylation is 3. The van der Waals surface area contributed by atoms with Gasteiger partial charge in [-0.2, -0.15) is 5.10 Å². The Hall–Kier alpha value is -2.70. The fraction of sp³-hybridized carbons (Fsp3) is 0.333. The van der Waals surface area contributed by atoms with Crippen molar-refractivity contribution in [1.82, 2.24) is 29.3 Å². The molecule has 0 aliphatic carbocycles. The number of nitrogens with one attached hydrogen (secondary N) is 1. The number of aromatic nitrogens is 6. The highest BCUT2D eigenvalue weighted by molar-refractivity contribution is 5.36. The molecule has 3 aromatic rings. The highest BCUT2D eigenvalue weighted by Gasteiger charge is 2.06. The summed E-state index contributed by atoms with van der Waals surface area (Å²) in [5, 5.41) is 7.71. The molecule has 7 heteroatoms. The Labute approximate surface area is 129 Å². The molecule has 0 spiro atoms. The van der Waals surface area contributed by atoms with E-state index in [4.69, 9.17) is 0 Å². The second-order valence-corrected chi connectivity index (χ2v) is 5.23. The first-order valence-electron chi connectivity index (χ1n) is 7.19. The van der Waals surface area contributed by atoms with Crippen molar-refractivity contribution < 1.29 is 0 Å². The van der Waals surface area contributed by atoms with E-state index in [1.54, 1.807) is 23.3 Å². The molecular formula is C15H19N7. The summed E-state index contributed by atoms with van der Waals surface area (Å²) in [6.07, 6.45) is 8.00. The summed E-state index contributed by atoms with van der Waals surface area (Å²) < 4.78 is 3.81. The Balaban J connectivity index is 1.69. The first-order chi connectivity index (χ1) is 10.6. The van der Waals surface area contributed by atoms with Gasteiger partial charge in [0.2, 0.25) is 0 Å². The smallest absolute Gasteiger partial charge is 0.174 e. The van der Waals surface area contributed by atoms with E-state index < -0.39 is 0 Å². The maximum atomic E-state index is 4.56. The standard InChI is InChI=1S/C15H19N7/c1-11-8-12(2)22(20-11)15-10-16-9-13(19-15)17-5-4-14-18-6-7-21(14)3/h6-10H,4-5H2,1-3H3,(H,17,19). The van der Waals surface area contributed by atoms with Gasteiger partial charge < -0.3 is 9.88 Å². The molecule has 0 saturated heterocycles. The van der Waals surface area contributed by atoms with E-state index in [0.717, 1.165) is 36.0 Å². The van der Waals surface area contributed by atoms with Crippen LogP contribution in [0.2, 0.25) is 0 Å². The van der Waals surface area contributed by atoms with E-state index in [9.17, 15) is 0 Å². The lowest BCUT2D eigenvalue weighted by Gasteiger charge is -2.08. The molecule has 0 fully saturated rings. The molecular weight excluding hydrogens is 278 g/mol. The average Bonchev–Trinajstić information content (AvgIpc) is 3.05. The first-order valence-corrected chi connectivity index (χ1v) is 7.19. The molecule has 0 atom stereocenters. The van der Waals surface area contributed by atoms with E-state index in [0.29, 0.717) is 5.82 Å². The van der Waals surface area contributed by atoms with Crippen LogP contribution in [0.15, 0.2) is 30.9 Å². The summed E-state index contributed by atoms with van der Waals surface area (Å²) in [7, 11) is 1.99. The van der Waals surface area contributed by atoms with Gasteiger partial charge in [0.25, 0.3) is 0 Å². The van der Waals surface area contributed by atoms with Gasteiger partial charge in [0.05, 0.1) is 18.1 Å². The number of hydrogen-bond acceptors (Lipinski definition) is 5. The van der Waals surface area contributed by atoms with Gasteiger partial charge >= 0.3 is 0 Å². The van der Waals surface area contributed by atoms with Crippen LogP contribution in [0.1, 0.15) is 17.2 Å². The molecule has 3 aromatic heterocycles.